The standard InChI is InChI=1S/C16H24N4O/c1-7-16(5,6)19-15(21)13-8-12-9-17-20(10(2)3)14(12)18-11(13)4/h8-10H,7H2,1-6H3,(H,19,21). The lowest BCUT2D eigenvalue weighted by Gasteiger charge is -2.24. The van der Waals surface area contributed by atoms with Crippen LogP contribution in [0.1, 0.15) is 63.1 Å². The van der Waals surface area contributed by atoms with Gasteiger partial charge in [0.15, 0.2) is 5.65 Å². The Morgan fingerprint density at radius 1 is 1.43 bits per heavy atom. The summed E-state index contributed by atoms with van der Waals surface area (Å²) in [6, 6.07) is 2.12. The first-order valence-electron chi connectivity index (χ1n) is 7.42. The topological polar surface area (TPSA) is 59.8 Å². The molecular formula is C16H24N4O. The number of rotatable bonds is 4. The maximum atomic E-state index is 12.4. The van der Waals surface area contributed by atoms with E-state index in [1.54, 1.807) is 6.20 Å². The third kappa shape index (κ3) is 3.06. The predicted octanol–water partition coefficient (Wildman–Crippen LogP) is 3.24. The van der Waals surface area contributed by atoms with Crippen LogP contribution in [0.3, 0.4) is 0 Å². The van der Waals surface area contributed by atoms with Crippen molar-refractivity contribution < 1.29 is 4.79 Å². The summed E-state index contributed by atoms with van der Waals surface area (Å²) in [4.78, 5) is 17.0. The van der Waals surface area contributed by atoms with Crippen LogP contribution in [0.25, 0.3) is 11.0 Å². The summed E-state index contributed by atoms with van der Waals surface area (Å²) >= 11 is 0. The molecule has 2 rings (SSSR count). The van der Waals surface area contributed by atoms with E-state index in [1.807, 2.05) is 31.5 Å². The van der Waals surface area contributed by atoms with E-state index >= 15 is 0 Å². The highest BCUT2D eigenvalue weighted by Gasteiger charge is 2.21. The highest BCUT2D eigenvalue weighted by Crippen LogP contribution is 2.20. The average Bonchev–Trinajstić information content (AvgIpc) is 2.80. The number of aryl methyl sites for hydroxylation is 1. The molecule has 5 nitrogen and oxygen atoms in total. The Morgan fingerprint density at radius 2 is 2.10 bits per heavy atom. The predicted molar refractivity (Wildman–Crippen MR) is 84.5 cm³/mol. The number of hydrogen-bond acceptors (Lipinski definition) is 3. The first kappa shape index (κ1) is 15.5. The number of hydrogen-bond donors (Lipinski definition) is 1. The van der Waals surface area contributed by atoms with Crippen LogP contribution in [0, 0.1) is 6.92 Å². The molecule has 1 amide bonds. The zero-order chi connectivity index (χ0) is 15.8. The number of amides is 1. The van der Waals surface area contributed by atoms with Gasteiger partial charge >= 0.3 is 0 Å². The molecule has 0 bridgehead atoms. The molecule has 0 aliphatic rings. The minimum Gasteiger partial charge on any atom is -0.347 e. The molecule has 0 atom stereocenters. The number of pyridine rings is 1. The van der Waals surface area contributed by atoms with E-state index < -0.39 is 0 Å². The second-order valence-electron chi connectivity index (χ2n) is 6.41. The van der Waals surface area contributed by atoms with Crippen molar-refractivity contribution in [1.29, 1.82) is 0 Å². The van der Waals surface area contributed by atoms with Gasteiger partial charge in [0.25, 0.3) is 5.91 Å². The van der Waals surface area contributed by atoms with Gasteiger partial charge in [-0.25, -0.2) is 9.67 Å². The van der Waals surface area contributed by atoms with Crippen molar-refractivity contribution >= 4 is 16.9 Å². The molecule has 0 saturated carbocycles. The molecule has 2 aromatic rings. The summed E-state index contributed by atoms with van der Waals surface area (Å²) in [5, 5.41) is 8.30. The summed E-state index contributed by atoms with van der Waals surface area (Å²) in [5.41, 5.74) is 1.95. The van der Waals surface area contributed by atoms with E-state index in [0.717, 1.165) is 23.1 Å². The molecule has 0 aromatic carbocycles. The van der Waals surface area contributed by atoms with Crippen molar-refractivity contribution in [3.8, 4) is 0 Å². The van der Waals surface area contributed by atoms with Crippen LogP contribution < -0.4 is 5.32 Å². The van der Waals surface area contributed by atoms with Crippen molar-refractivity contribution in [1.82, 2.24) is 20.1 Å². The van der Waals surface area contributed by atoms with Gasteiger partial charge in [0.05, 0.1) is 17.5 Å². The maximum Gasteiger partial charge on any atom is 0.253 e. The first-order chi connectivity index (χ1) is 9.75. The zero-order valence-electron chi connectivity index (χ0n) is 13.7. The number of nitrogens with one attached hydrogen (secondary N) is 1. The molecule has 0 spiro atoms. The van der Waals surface area contributed by atoms with Crippen LogP contribution in [0.5, 0.6) is 0 Å². The fraction of sp³-hybridized carbons (Fsp3) is 0.562. The Balaban J connectivity index is 2.42. The first-order valence-corrected chi connectivity index (χ1v) is 7.42. The zero-order valence-corrected chi connectivity index (χ0v) is 13.7. The van der Waals surface area contributed by atoms with Crippen LogP contribution in [0.15, 0.2) is 12.3 Å². The van der Waals surface area contributed by atoms with Crippen molar-refractivity contribution in [2.75, 3.05) is 0 Å². The summed E-state index contributed by atoms with van der Waals surface area (Å²) < 4.78 is 1.87. The van der Waals surface area contributed by atoms with E-state index in [9.17, 15) is 4.79 Å². The van der Waals surface area contributed by atoms with Gasteiger partial charge < -0.3 is 5.32 Å². The molecule has 0 radical (unpaired) electrons. The van der Waals surface area contributed by atoms with Crippen LogP contribution >= 0.6 is 0 Å². The Morgan fingerprint density at radius 3 is 2.67 bits per heavy atom. The largest absolute Gasteiger partial charge is 0.347 e. The monoisotopic (exact) mass is 288 g/mol. The van der Waals surface area contributed by atoms with E-state index in [4.69, 9.17) is 0 Å². The van der Waals surface area contributed by atoms with Gasteiger partial charge in [0.1, 0.15) is 0 Å². The van der Waals surface area contributed by atoms with Crippen molar-refractivity contribution in [2.24, 2.45) is 0 Å². The Kier molecular flexibility index (Phi) is 4.03. The Hall–Kier alpha value is -1.91. The van der Waals surface area contributed by atoms with E-state index in [2.05, 4.69) is 36.2 Å². The third-order valence-electron chi connectivity index (χ3n) is 3.83. The molecule has 2 heterocycles. The fourth-order valence-electron chi connectivity index (χ4n) is 2.14. The second kappa shape index (κ2) is 5.47. The van der Waals surface area contributed by atoms with Crippen molar-refractivity contribution in [3.05, 3.63) is 23.5 Å². The quantitative estimate of drug-likeness (QED) is 0.939. The average molecular weight is 288 g/mol. The molecule has 1 N–H and O–H groups in total. The van der Waals surface area contributed by atoms with Gasteiger partial charge in [-0.05, 0) is 47.1 Å². The van der Waals surface area contributed by atoms with E-state index in [1.165, 1.54) is 0 Å². The highest BCUT2D eigenvalue weighted by molar-refractivity contribution is 5.98. The Bertz CT molecular complexity index is 670. The van der Waals surface area contributed by atoms with E-state index in [-0.39, 0.29) is 17.5 Å². The van der Waals surface area contributed by atoms with Gasteiger partial charge in [-0.1, -0.05) is 6.92 Å². The van der Waals surface area contributed by atoms with E-state index in [0.29, 0.717) is 5.56 Å². The summed E-state index contributed by atoms with van der Waals surface area (Å²) in [5.74, 6) is -0.0777. The number of aromatic nitrogens is 3. The number of fused-ring (bicyclic) bond motifs is 1. The van der Waals surface area contributed by atoms with Gasteiger partial charge in [-0.15, -0.1) is 0 Å². The fourth-order valence-corrected chi connectivity index (χ4v) is 2.14. The highest BCUT2D eigenvalue weighted by atomic mass is 16.1. The normalized spacial score (nSPS) is 12.1. The summed E-state index contributed by atoms with van der Waals surface area (Å²) in [6.07, 6.45) is 2.64. The molecule has 21 heavy (non-hydrogen) atoms. The second-order valence-corrected chi connectivity index (χ2v) is 6.41. The van der Waals surface area contributed by atoms with Gasteiger partial charge in [0, 0.05) is 17.0 Å². The van der Waals surface area contributed by atoms with Crippen LogP contribution in [-0.4, -0.2) is 26.2 Å². The lowest BCUT2D eigenvalue weighted by Crippen LogP contribution is -2.43. The van der Waals surface area contributed by atoms with Crippen LogP contribution in [0.4, 0.5) is 0 Å². The lowest BCUT2D eigenvalue weighted by molar-refractivity contribution is 0.0910. The smallest absolute Gasteiger partial charge is 0.253 e. The summed E-state index contributed by atoms with van der Waals surface area (Å²) in [7, 11) is 0. The third-order valence-corrected chi connectivity index (χ3v) is 3.83. The van der Waals surface area contributed by atoms with Crippen LogP contribution in [-0.2, 0) is 0 Å². The molecule has 0 fully saturated rings. The number of carbonyl (C=O) groups excluding carboxylic acids is 1. The van der Waals surface area contributed by atoms with Crippen molar-refractivity contribution in [3.63, 3.8) is 0 Å². The molecule has 114 valence electrons. The minimum atomic E-state index is -0.222. The Labute approximate surface area is 125 Å². The minimum absolute atomic E-state index is 0.0777. The van der Waals surface area contributed by atoms with Crippen LogP contribution in [0.2, 0.25) is 0 Å². The molecule has 5 heteroatoms. The molecule has 0 unspecified atom stereocenters. The maximum absolute atomic E-state index is 12.4. The molecule has 0 saturated heterocycles. The van der Waals surface area contributed by atoms with Gasteiger partial charge in [-0.3, -0.25) is 4.79 Å². The molecule has 0 aliphatic heterocycles. The lowest BCUT2D eigenvalue weighted by atomic mass is 10.0. The SMILES string of the molecule is CCC(C)(C)NC(=O)c1cc2cnn(C(C)C)c2nc1C. The molecule has 2 aromatic heterocycles. The van der Waals surface area contributed by atoms with Gasteiger partial charge in [0.2, 0.25) is 0 Å². The number of carbonyl (C=O) groups is 1. The van der Waals surface area contributed by atoms with Crippen molar-refractivity contribution in [2.45, 2.75) is 59.5 Å². The number of nitrogens with zero attached hydrogens (tertiary/aromatic N) is 3. The molecular weight excluding hydrogens is 264 g/mol. The molecule has 0 aliphatic carbocycles. The van der Waals surface area contributed by atoms with Gasteiger partial charge in [-0.2, -0.15) is 5.10 Å². The summed E-state index contributed by atoms with van der Waals surface area (Å²) in [6.45, 7) is 12.1.